The number of anilines is 1. The molecule has 3 aliphatic rings. The zero-order valence-electron chi connectivity index (χ0n) is 17.4. The molecule has 6 heteroatoms. The monoisotopic (exact) mass is 406 g/mol. The molecule has 1 aromatic carbocycles. The lowest BCUT2D eigenvalue weighted by Crippen LogP contribution is -2.54. The van der Waals surface area contributed by atoms with Crippen molar-refractivity contribution < 1.29 is 9.53 Å². The Bertz CT molecular complexity index is 852. The van der Waals surface area contributed by atoms with Gasteiger partial charge in [-0.15, -0.1) is 0 Å². The lowest BCUT2D eigenvalue weighted by atomic mass is 9.91. The molecule has 1 unspecified atom stereocenters. The number of ether oxygens (including phenoxy) is 1. The summed E-state index contributed by atoms with van der Waals surface area (Å²) in [6, 6.07) is 14.7. The number of aryl methyl sites for hydroxylation is 1. The van der Waals surface area contributed by atoms with Crippen molar-refractivity contribution in [3.63, 3.8) is 0 Å². The van der Waals surface area contributed by atoms with Crippen LogP contribution in [0.4, 0.5) is 5.69 Å². The van der Waals surface area contributed by atoms with E-state index in [9.17, 15) is 4.79 Å². The molecule has 158 valence electrons. The number of aromatic nitrogens is 1. The van der Waals surface area contributed by atoms with Gasteiger partial charge in [0, 0.05) is 37.7 Å². The number of hydrogen-bond acceptors (Lipinski definition) is 5. The summed E-state index contributed by atoms with van der Waals surface area (Å²) < 4.78 is 6.57. The van der Waals surface area contributed by atoms with Gasteiger partial charge in [-0.25, -0.2) is 0 Å². The van der Waals surface area contributed by atoms with Crippen molar-refractivity contribution in [2.45, 2.75) is 37.5 Å². The third-order valence-electron chi connectivity index (χ3n) is 6.77. The van der Waals surface area contributed by atoms with Crippen LogP contribution in [0.2, 0.25) is 0 Å². The van der Waals surface area contributed by atoms with Crippen molar-refractivity contribution in [1.29, 1.82) is 0 Å². The SMILES string of the molecule is O=C1CN(CCCc2ccccc2)CC2OC3(CCN(c4ccncc4)CC3)CN12. The molecule has 0 bridgehead atoms. The molecule has 30 heavy (non-hydrogen) atoms. The number of benzene rings is 1. The molecule has 3 saturated heterocycles. The molecule has 0 aliphatic carbocycles. The van der Waals surface area contributed by atoms with Crippen LogP contribution in [-0.4, -0.2) is 71.8 Å². The average Bonchev–Trinajstić information content (AvgIpc) is 3.14. The lowest BCUT2D eigenvalue weighted by Gasteiger charge is -2.39. The Labute approximate surface area is 178 Å². The molecule has 3 fully saturated rings. The van der Waals surface area contributed by atoms with Crippen molar-refractivity contribution in [2.75, 3.05) is 44.2 Å². The van der Waals surface area contributed by atoms with Gasteiger partial charge in [-0.05, 0) is 49.9 Å². The van der Waals surface area contributed by atoms with Crippen LogP contribution in [0.5, 0.6) is 0 Å². The maximum Gasteiger partial charge on any atom is 0.238 e. The van der Waals surface area contributed by atoms with Crippen LogP contribution < -0.4 is 4.90 Å². The van der Waals surface area contributed by atoms with Crippen LogP contribution in [0.1, 0.15) is 24.8 Å². The molecule has 1 spiro atoms. The first-order chi connectivity index (χ1) is 14.7. The van der Waals surface area contributed by atoms with E-state index >= 15 is 0 Å². The number of amides is 1. The summed E-state index contributed by atoms with van der Waals surface area (Å²) in [5, 5.41) is 0. The van der Waals surface area contributed by atoms with Gasteiger partial charge in [-0.2, -0.15) is 0 Å². The second-order valence-electron chi connectivity index (χ2n) is 8.79. The number of piperazine rings is 1. The van der Waals surface area contributed by atoms with Crippen molar-refractivity contribution in [1.82, 2.24) is 14.8 Å². The smallest absolute Gasteiger partial charge is 0.238 e. The maximum atomic E-state index is 12.8. The summed E-state index contributed by atoms with van der Waals surface area (Å²) >= 11 is 0. The first-order valence-electron chi connectivity index (χ1n) is 11.1. The average molecular weight is 407 g/mol. The number of hydrogen-bond donors (Lipinski definition) is 0. The minimum absolute atomic E-state index is 0.0875. The molecule has 5 rings (SSSR count). The quantitative estimate of drug-likeness (QED) is 0.764. The first kappa shape index (κ1) is 19.5. The van der Waals surface area contributed by atoms with Gasteiger partial charge in [-0.1, -0.05) is 30.3 Å². The Balaban J connectivity index is 1.15. The normalized spacial score (nSPS) is 23.7. The number of nitrogens with zero attached hydrogens (tertiary/aromatic N) is 4. The molecule has 3 aliphatic heterocycles. The molecular weight excluding hydrogens is 376 g/mol. The van der Waals surface area contributed by atoms with Crippen LogP contribution in [0.15, 0.2) is 54.9 Å². The fourth-order valence-electron chi connectivity index (χ4n) is 5.08. The van der Waals surface area contributed by atoms with Gasteiger partial charge in [0.2, 0.25) is 5.91 Å². The van der Waals surface area contributed by atoms with Crippen LogP contribution >= 0.6 is 0 Å². The summed E-state index contributed by atoms with van der Waals surface area (Å²) in [6.45, 7) is 4.96. The second kappa shape index (κ2) is 8.36. The standard InChI is InChI=1S/C24H30N4O2/c29-22-17-26(14-4-7-20-5-2-1-3-6-20)18-23-28(22)19-24(30-23)10-15-27(16-11-24)21-8-12-25-13-9-21/h1-3,5-6,8-9,12-13,23H,4,7,10-11,14-19H2. The lowest BCUT2D eigenvalue weighted by molar-refractivity contribution is -0.148. The van der Waals surface area contributed by atoms with E-state index in [1.807, 2.05) is 17.3 Å². The molecule has 0 N–H and O–H groups in total. The highest BCUT2D eigenvalue weighted by Crippen LogP contribution is 2.38. The van der Waals surface area contributed by atoms with Gasteiger partial charge in [0.25, 0.3) is 0 Å². The Morgan fingerprint density at radius 2 is 1.83 bits per heavy atom. The Kier molecular flexibility index (Phi) is 5.44. The van der Waals surface area contributed by atoms with Crippen LogP contribution in [0.25, 0.3) is 0 Å². The molecule has 4 heterocycles. The Morgan fingerprint density at radius 1 is 1.07 bits per heavy atom. The molecule has 6 nitrogen and oxygen atoms in total. The van der Waals surface area contributed by atoms with Gasteiger partial charge in [0.1, 0.15) is 6.23 Å². The van der Waals surface area contributed by atoms with E-state index in [0.717, 1.165) is 58.4 Å². The van der Waals surface area contributed by atoms with Crippen molar-refractivity contribution in [3.05, 3.63) is 60.4 Å². The fourth-order valence-corrected chi connectivity index (χ4v) is 5.08. The number of pyridine rings is 1. The molecule has 0 radical (unpaired) electrons. The predicted molar refractivity (Wildman–Crippen MR) is 116 cm³/mol. The highest BCUT2D eigenvalue weighted by molar-refractivity contribution is 5.79. The summed E-state index contributed by atoms with van der Waals surface area (Å²) in [7, 11) is 0. The first-order valence-corrected chi connectivity index (χ1v) is 11.1. The van der Waals surface area contributed by atoms with Crippen molar-refractivity contribution in [2.24, 2.45) is 0 Å². The topological polar surface area (TPSA) is 48.9 Å². The highest BCUT2D eigenvalue weighted by atomic mass is 16.5. The van der Waals surface area contributed by atoms with Crippen LogP contribution in [0.3, 0.4) is 0 Å². The number of piperidine rings is 1. The molecule has 1 aromatic heterocycles. The summed E-state index contributed by atoms with van der Waals surface area (Å²) in [4.78, 5) is 23.6. The van der Waals surface area contributed by atoms with Gasteiger partial charge >= 0.3 is 0 Å². The number of carbonyl (C=O) groups excluding carboxylic acids is 1. The largest absolute Gasteiger partial charge is 0.371 e. The Hall–Kier alpha value is -2.44. The van der Waals surface area contributed by atoms with Crippen molar-refractivity contribution in [3.8, 4) is 0 Å². The van der Waals surface area contributed by atoms with E-state index in [2.05, 4.69) is 57.2 Å². The van der Waals surface area contributed by atoms with E-state index in [1.54, 1.807) is 0 Å². The molecule has 1 atom stereocenters. The minimum Gasteiger partial charge on any atom is -0.371 e. The Morgan fingerprint density at radius 3 is 2.60 bits per heavy atom. The van der Waals surface area contributed by atoms with E-state index in [0.29, 0.717) is 6.54 Å². The second-order valence-corrected chi connectivity index (χ2v) is 8.79. The fraction of sp³-hybridized carbons (Fsp3) is 0.500. The summed E-state index contributed by atoms with van der Waals surface area (Å²) in [6.07, 6.45) is 7.64. The van der Waals surface area contributed by atoms with E-state index in [-0.39, 0.29) is 17.7 Å². The van der Waals surface area contributed by atoms with Crippen LogP contribution in [-0.2, 0) is 16.0 Å². The van der Waals surface area contributed by atoms with E-state index in [4.69, 9.17) is 4.74 Å². The van der Waals surface area contributed by atoms with Crippen LogP contribution in [0, 0.1) is 0 Å². The molecule has 0 saturated carbocycles. The zero-order chi connectivity index (χ0) is 20.4. The third kappa shape index (κ3) is 4.07. The number of carbonyl (C=O) groups is 1. The minimum atomic E-state index is -0.177. The predicted octanol–water partition coefficient (Wildman–Crippen LogP) is 2.55. The summed E-state index contributed by atoms with van der Waals surface area (Å²) in [5.41, 5.74) is 2.40. The number of fused-ring (bicyclic) bond motifs is 1. The van der Waals surface area contributed by atoms with Gasteiger partial charge in [-0.3, -0.25) is 14.7 Å². The summed E-state index contributed by atoms with van der Waals surface area (Å²) in [5.74, 6) is 0.222. The molecular formula is C24H30N4O2. The highest BCUT2D eigenvalue weighted by Gasteiger charge is 2.50. The van der Waals surface area contributed by atoms with Gasteiger partial charge in [0.05, 0.1) is 18.7 Å². The maximum absolute atomic E-state index is 12.8. The third-order valence-corrected chi connectivity index (χ3v) is 6.77. The molecule has 1 amide bonds. The van der Waals surface area contributed by atoms with Gasteiger partial charge in [0.15, 0.2) is 0 Å². The van der Waals surface area contributed by atoms with Crippen molar-refractivity contribution >= 4 is 11.6 Å². The molecule has 2 aromatic rings. The number of rotatable bonds is 5. The van der Waals surface area contributed by atoms with E-state index in [1.165, 1.54) is 11.3 Å². The van der Waals surface area contributed by atoms with E-state index < -0.39 is 0 Å². The zero-order valence-corrected chi connectivity index (χ0v) is 17.4. The van der Waals surface area contributed by atoms with Gasteiger partial charge < -0.3 is 14.5 Å².